The van der Waals surface area contributed by atoms with Crippen molar-refractivity contribution in [3.8, 4) is 0 Å². The number of allylic oxidation sites excluding steroid dienone is 1. The Morgan fingerprint density at radius 1 is 0.821 bits per heavy atom. The van der Waals surface area contributed by atoms with Crippen molar-refractivity contribution in [3.05, 3.63) is 111 Å². The zero-order chi connectivity index (χ0) is 27.2. The minimum atomic E-state index is -0.622. The van der Waals surface area contributed by atoms with Crippen molar-refractivity contribution in [2.24, 2.45) is 4.99 Å². The first kappa shape index (κ1) is 25.7. The Kier molecular flexibility index (Phi) is 7.63. The number of carbonyl (C=O) groups excluding carboxylic acids is 2. The predicted octanol–water partition coefficient (Wildman–Crippen LogP) is 4.06. The molecule has 2 aliphatic rings. The van der Waals surface area contributed by atoms with Crippen molar-refractivity contribution < 1.29 is 14.5 Å². The summed E-state index contributed by atoms with van der Waals surface area (Å²) < 4.78 is 0. The van der Waals surface area contributed by atoms with Crippen LogP contribution in [0.5, 0.6) is 0 Å². The number of nitrogens with one attached hydrogen (secondary N) is 4. The van der Waals surface area contributed by atoms with E-state index in [4.69, 9.17) is 0 Å². The molecule has 198 valence electrons. The Bertz CT molecular complexity index is 1360. The molecule has 0 unspecified atom stereocenters. The molecule has 3 aromatic rings. The summed E-state index contributed by atoms with van der Waals surface area (Å²) in [6.45, 7) is 2.57. The molecule has 10 nitrogen and oxygen atoms in total. The summed E-state index contributed by atoms with van der Waals surface area (Å²) in [4.78, 5) is 41.2. The van der Waals surface area contributed by atoms with E-state index in [-0.39, 0.29) is 16.8 Å². The second-order valence-electron chi connectivity index (χ2n) is 9.38. The zero-order valence-corrected chi connectivity index (χ0v) is 21.2. The highest BCUT2D eigenvalue weighted by Gasteiger charge is 2.19. The number of aliphatic imine (C=N–C) groups is 1. The molecule has 2 amide bonds. The highest BCUT2D eigenvalue weighted by molar-refractivity contribution is 6.09. The number of rotatable bonds is 9. The molecule has 4 N–H and O–H groups in total. The quantitative estimate of drug-likeness (QED) is 0.246. The molecular formula is C29H28N6O4. The number of benzene rings is 3. The van der Waals surface area contributed by atoms with E-state index in [2.05, 4.69) is 32.3 Å². The molecule has 5 rings (SSSR count). The summed E-state index contributed by atoms with van der Waals surface area (Å²) >= 11 is 0. The number of hydrogen-bond donors (Lipinski definition) is 4. The number of non-ortho nitro benzene ring substituents is 1. The van der Waals surface area contributed by atoms with Gasteiger partial charge >= 0.3 is 0 Å². The predicted molar refractivity (Wildman–Crippen MR) is 150 cm³/mol. The fourth-order valence-electron chi connectivity index (χ4n) is 4.46. The third-order valence-electron chi connectivity index (χ3n) is 6.47. The second kappa shape index (κ2) is 11.6. The van der Waals surface area contributed by atoms with Crippen LogP contribution in [0.25, 0.3) is 0 Å². The Morgan fingerprint density at radius 3 is 1.90 bits per heavy atom. The maximum atomic E-state index is 13.0. The number of anilines is 2. The van der Waals surface area contributed by atoms with Crippen molar-refractivity contribution >= 4 is 34.7 Å². The van der Waals surface area contributed by atoms with Gasteiger partial charge < -0.3 is 21.3 Å². The van der Waals surface area contributed by atoms with Gasteiger partial charge in [-0.25, -0.2) is 0 Å². The number of amides is 2. The van der Waals surface area contributed by atoms with Crippen molar-refractivity contribution in [1.29, 1.82) is 0 Å². The molecule has 10 heteroatoms. The normalized spacial score (nSPS) is 14.1. The van der Waals surface area contributed by atoms with Gasteiger partial charge in [0.05, 0.1) is 11.5 Å². The van der Waals surface area contributed by atoms with E-state index in [1.54, 1.807) is 24.3 Å². The number of nitrogens with zero attached hydrogens (tertiary/aromatic N) is 2. The van der Waals surface area contributed by atoms with E-state index >= 15 is 0 Å². The van der Waals surface area contributed by atoms with Gasteiger partial charge in [0.1, 0.15) is 5.84 Å². The van der Waals surface area contributed by atoms with Crippen LogP contribution in [0.2, 0.25) is 0 Å². The lowest BCUT2D eigenvalue weighted by Crippen LogP contribution is -2.20. The first-order chi connectivity index (χ1) is 18.9. The average molecular weight is 525 g/mol. The standard InChI is InChI=1S/C29H28N6O4/c36-28(33-23-7-3-19(4-8-23)14-25-2-1-11-30-25)21-16-22(18-26(17-21)35(38)39)29(37)34-24-9-5-20(6-10-24)15-27-31-12-13-32-27/h2-10,16-18,30H,1,11-15H2,(H,31,32)(H,33,36)(H,34,37). The third kappa shape index (κ3) is 6.67. The Balaban J connectivity index is 1.26. The highest BCUT2D eigenvalue weighted by atomic mass is 16.6. The summed E-state index contributed by atoms with van der Waals surface area (Å²) in [5, 5.41) is 23.6. The van der Waals surface area contributed by atoms with Crippen LogP contribution in [0, 0.1) is 10.1 Å². The molecule has 0 radical (unpaired) electrons. The monoisotopic (exact) mass is 524 g/mol. The minimum Gasteiger partial charge on any atom is -0.388 e. The molecular weight excluding hydrogens is 496 g/mol. The lowest BCUT2D eigenvalue weighted by Gasteiger charge is -2.10. The van der Waals surface area contributed by atoms with E-state index in [0.717, 1.165) is 61.6 Å². The van der Waals surface area contributed by atoms with E-state index in [1.165, 1.54) is 11.8 Å². The Hall–Kier alpha value is -4.99. The summed E-state index contributed by atoms with van der Waals surface area (Å²) in [5.41, 5.74) is 4.08. The van der Waals surface area contributed by atoms with Crippen LogP contribution in [-0.2, 0) is 12.8 Å². The largest absolute Gasteiger partial charge is 0.388 e. The molecule has 0 bridgehead atoms. The number of hydrogen-bond acceptors (Lipinski definition) is 7. The minimum absolute atomic E-state index is 0.00984. The van der Waals surface area contributed by atoms with Gasteiger partial charge in [0, 0.05) is 66.3 Å². The Labute approximate surface area is 225 Å². The van der Waals surface area contributed by atoms with E-state index in [0.29, 0.717) is 17.8 Å². The topological polar surface area (TPSA) is 138 Å². The van der Waals surface area contributed by atoms with E-state index in [1.807, 2.05) is 24.3 Å². The number of carbonyl (C=O) groups is 2. The number of nitro benzene ring substituents is 1. The van der Waals surface area contributed by atoms with Gasteiger partial charge in [-0.2, -0.15) is 0 Å². The van der Waals surface area contributed by atoms with Gasteiger partial charge in [0.25, 0.3) is 17.5 Å². The van der Waals surface area contributed by atoms with Crippen LogP contribution < -0.4 is 21.3 Å². The molecule has 0 saturated carbocycles. The molecule has 3 aromatic carbocycles. The number of nitro groups is 1. The van der Waals surface area contributed by atoms with Gasteiger partial charge in [0.2, 0.25) is 0 Å². The van der Waals surface area contributed by atoms with Crippen LogP contribution in [0.1, 0.15) is 38.3 Å². The first-order valence-electron chi connectivity index (χ1n) is 12.7. The first-order valence-corrected chi connectivity index (χ1v) is 12.7. The summed E-state index contributed by atoms with van der Waals surface area (Å²) in [7, 11) is 0. The fourth-order valence-corrected chi connectivity index (χ4v) is 4.46. The molecule has 2 aliphatic heterocycles. The van der Waals surface area contributed by atoms with Gasteiger partial charge in [-0.15, -0.1) is 0 Å². The lowest BCUT2D eigenvalue weighted by atomic mass is 10.1. The van der Waals surface area contributed by atoms with Gasteiger partial charge in [-0.1, -0.05) is 30.3 Å². The van der Waals surface area contributed by atoms with Crippen LogP contribution in [0.3, 0.4) is 0 Å². The smallest absolute Gasteiger partial charge is 0.271 e. The van der Waals surface area contributed by atoms with Gasteiger partial charge in [-0.05, 0) is 47.9 Å². The maximum absolute atomic E-state index is 13.0. The second-order valence-corrected chi connectivity index (χ2v) is 9.38. The average Bonchev–Trinajstić information content (AvgIpc) is 3.65. The molecule has 0 spiro atoms. The lowest BCUT2D eigenvalue weighted by molar-refractivity contribution is -0.384. The van der Waals surface area contributed by atoms with Crippen molar-refractivity contribution in [2.45, 2.75) is 19.3 Å². The van der Waals surface area contributed by atoms with Gasteiger partial charge in [-0.3, -0.25) is 24.7 Å². The van der Waals surface area contributed by atoms with Crippen LogP contribution >= 0.6 is 0 Å². The van der Waals surface area contributed by atoms with Crippen LogP contribution in [0.4, 0.5) is 17.1 Å². The highest BCUT2D eigenvalue weighted by Crippen LogP contribution is 2.21. The molecule has 0 fully saturated rings. The maximum Gasteiger partial charge on any atom is 0.271 e. The van der Waals surface area contributed by atoms with Crippen molar-refractivity contribution in [2.75, 3.05) is 30.3 Å². The van der Waals surface area contributed by atoms with Crippen molar-refractivity contribution in [3.63, 3.8) is 0 Å². The molecule has 0 atom stereocenters. The third-order valence-corrected chi connectivity index (χ3v) is 6.47. The molecule has 0 aromatic heterocycles. The van der Waals surface area contributed by atoms with Crippen LogP contribution in [0.15, 0.2) is 83.5 Å². The summed E-state index contributed by atoms with van der Waals surface area (Å²) in [6, 6.07) is 18.4. The SMILES string of the molecule is O=C(Nc1ccc(CC2=CCCN2)cc1)c1cc(C(=O)Nc2ccc(CC3=NCCN3)cc2)cc([N+](=O)[O-])c1. The molecule has 39 heavy (non-hydrogen) atoms. The zero-order valence-electron chi connectivity index (χ0n) is 21.2. The van der Waals surface area contributed by atoms with E-state index in [9.17, 15) is 19.7 Å². The van der Waals surface area contributed by atoms with Crippen molar-refractivity contribution in [1.82, 2.24) is 10.6 Å². The molecule has 2 heterocycles. The van der Waals surface area contributed by atoms with E-state index < -0.39 is 16.7 Å². The summed E-state index contributed by atoms with van der Waals surface area (Å²) in [6.07, 6.45) is 4.65. The Morgan fingerprint density at radius 2 is 1.41 bits per heavy atom. The molecule has 0 saturated heterocycles. The number of amidine groups is 1. The molecule has 0 aliphatic carbocycles. The van der Waals surface area contributed by atoms with Gasteiger partial charge in [0.15, 0.2) is 0 Å². The fraction of sp³-hybridized carbons (Fsp3) is 0.207. The van der Waals surface area contributed by atoms with Crippen LogP contribution in [-0.4, -0.2) is 42.2 Å². The summed E-state index contributed by atoms with van der Waals surface area (Å²) in [5.74, 6) is -0.167.